The maximum absolute atomic E-state index is 17.2. The van der Waals surface area contributed by atoms with Gasteiger partial charge >= 0.3 is 5.97 Å². The van der Waals surface area contributed by atoms with Crippen LogP contribution in [0, 0.1) is 28.6 Å². The third-order valence-corrected chi connectivity index (χ3v) is 9.91. The second-order valence-electron chi connectivity index (χ2n) is 10.5. The number of alkyl halides is 2. The van der Waals surface area contributed by atoms with Crippen LogP contribution in [-0.2, 0) is 19.1 Å². The number of Topliss-reactive ketones (excluding diaryl/α,β-unsaturated/α-hetero) is 1. The summed E-state index contributed by atoms with van der Waals surface area (Å²) in [4.78, 5) is 36.1. The summed E-state index contributed by atoms with van der Waals surface area (Å²) < 4.78 is 22.0. The van der Waals surface area contributed by atoms with Crippen molar-refractivity contribution in [1.29, 1.82) is 0 Å². The van der Waals surface area contributed by atoms with Crippen LogP contribution in [0.15, 0.2) is 23.8 Å². The summed E-state index contributed by atoms with van der Waals surface area (Å²) in [6.45, 7) is 5.84. The average Bonchev–Trinajstić information content (AvgIpc) is 2.91. The standard InChI is InChI=1S/C24H30BrFO6/c1-12-7-15-16-9-18(25)17-8-14(28)5-6-21(17,3)23(16,26)19(29)10-22(15,4)24(12,31)20(30)11-32-13(2)27/h5-6,8,12,15-16,18-19,29,31H,7,9-11H2,1-4H3/t12-,15-,16-,18-,19-,21-,22-,23-,24-/m0/s1. The molecule has 0 aromatic rings. The molecule has 176 valence electrons. The number of hydrogen-bond acceptors (Lipinski definition) is 6. The minimum absolute atomic E-state index is 0.116. The minimum atomic E-state index is -2.06. The lowest BCUT2D eigenvalue weighted by atomic mass is 9.44. The lowest BCUT2D eigenvalue weighted by Gasteiger charge is -2.63. The van der Waals surface area contributed by atoms with Gasteiger partial charge in [0, 0.05) is 28.5 Å². The Morgan fingerprint density at radius 1 is 1.28 bits per heavy atom. The molecule has 4 aliphatic rings. The maximum Gasteiger partial charge on any atom is 0.303 e. The summed E-state index contributed by atoms with van der Waals surface area (Å²) in [6.07, 6.45) is 3.52. The molecular formula is C24H30BrFO6. The summed E-state index contributed by atoms with van der Waals surface area (Å²) in [7, 11) is 0. The first-order valence-electron chi connectivity index (χ1n) is 11.1. The first-order valence-corrected chi connectivity index (χ1v) is 12.0. The molecule has 6 nitrogen and oxygen atoms in total. The van der Waals surface area contributed by atoms with E-state index in [0.29, 0.717) is 18.4 Å². The molecule has 4 aliphatic carbocycles. The van der Waals surface area contributed by atoms with E-state index in [1.165, 1.54) is 19.1 Å². The second-order valence-corrected chi connectivity index (χ2v) is 11.6. The number of rotatable bonds is 3. The zero-order valence-corrected chi connectivity index (χ0v) is 20.3. The van der Waals surface area contributed by atoms with Crippen molar-refractivity contribution in [1.82, 2.24) is 0 Å². The number of ketones is 2. The highest BCUT2D eigenvalue weighted by atomic mass is 79.9. The summed E-state index contributed by atoms with van der Waals surface area (Å²) in [5, 5.41) is 23.0. The Hall–Kier alpha value is -1.38. The van der Waals surface area contributed by atoms with Gasteiger partial charge in [-0.1, -0.05) is 35.9 Å². The van der Waals surface area contributed by atoms with Crippen molar-refractivity contribution in [3.8, 4) is 0 Å². The smallest absolute Gasteiger partial charge is 0.303 e. The fourth-order valence-electron chi connectivity index (χ4n) is 7.41. The van der Waals surface area contributed by atoms with E-state index in [-0.39, 0.29) is 22.9 Å². The van der Waals surface area contributed by atoms with E-state index in [0.717, 1.165) is 0 Å². The van der Waals surface area contributed by atoms with Gasteiger partial charge in [-0.05, 0) is 55.7 Å². The molecule has 0 bridgehead atoms. The fourth-order valence-corrected chi connectivity index (χ4v) is 8.42. The van der Waals surface area contributed by atoms with Gasteiger partial charge in [-0.25, -0.2) is 4.39 Å². The highest BCUT2D eigenvalue weighted by molar-refractivity contribution is 9.09. The highest BCUT2D eigenvalue weighted by Crippen LogP contribution is 2.71. The number of aliphatic hydroxyl groups is 2. The molecule has 0 aliphatic heterocycles. The van der Waals surface area contributed by atoms with Gasteiger partial charge in [0.25, 0.3) is 0 Å². The first kappa shape index (κ1) is 23.8. The SMILES string of the molecule is CC(=O)OCC(=O)[C@@]1(O)[C@@H](C)C[C@H]2[C@@H]3C[C@H](Br)C4=CC(=O)C=C[C@]4(C)[C@@]3(F)[C@@H](O)C[C@@]21C. The number of hydrogen-bond donors (Lipinski definition) is 2. The molecule has 0 unspecified atom stereocenters. The van der Waals surface area contributed by atoms with Crippen LogP contribution in [0.3, 0.4) is 0 Å². The third kappa shape index (κ3) is 2.78. The van der Waals surface area contributed by atoms with Crippen LogP contribution in [-0.4, -0.2) is 56.6 Å². The van der Waals surface area contributed by atoms with Crippen LogP contribution in [0.1, 0.15) is 47.0 Å². The van der Waals surface area contributed by atoms with Crippen LogP contribution in [0.2, 0.25) is 0 Å². The summed E-state index contributed by atoms with van der Waals surface area (Å²) in [5.41, 5.74) is -5.59. The van der Waals surface area contributed by atoms with Gasteiger partial charge in [-0.15, -0.1) is 0 Å². The van der Waals surface area contributed by atoms with Gasteiger partial charge in [0.05, 0.1) is 6.10 Å². The Morgan fingerprint density at radius 2 is 1.94 bits per heavy atom. The number of ether oxygens (including phenoxy) is 1. The van der Waals surface area contributed by atoms with Gasteiger partial charge in [0.15, 0.2) is 18.1 Å². The second kappa shape index (κ2) is 7.31. The normalized spacial score (nSPS) is 49.6. The Labute approximate surface area is 195 Å². The van der Waals surface area contributed by atoms with E-state index in [1.54, 1.807) is 26.8 Å². The molecule has 0 spiro atoms. The summed E-state index contributed by atoms with van der Waals surface area (Å²) in [5.74, 6) is -3.00. The van der Waals surface area contributed by atoms with Crippen molar-refractivity contribution < 1.29 is 33.7 Å². The molecule has 0 saturated heterocycles. The predicted molar refractivity (Wildman–Crippen MR) is 118 cm³/mol. The molecule has 9 atom stereocenters. The van der Waals surface area contributed by atoms with E-state index in [2.05, 4.69) is 15.9 Å². The molecule has 0 aromatic carbocycles. The monoisotopic (exact) mass is 512 g/mol. The Kier molecular flexibility index (Phi) is 5.43. The van der Waals surface area contributed by atoms with Crippen molar-refractivity contribution in [3.63, 3.8) is 0 Å². The van der Waals surface area contributed by atoms with Crippen LogP contribution < -0.4 is 0 Å². The molecular weight excluding hydrogens is 483 g/mol. The summed E-state index contributed by atoms with van der Waals surface area (Å²) in [6, 6.07) is 0. The summed E-state index contributed by atoms with van der Waals surface area (Å²) >= 11 is 3.64. The van der Waals surface area contributed by atoms with Gasteiger partial charge < -0.3 is 14.9 Å². The van der Waals surface area contributed by atoms with Gasteiger partial charge in [0.1, 0.15) is 5.60 Å². The van der Waals surface area contributed by atoms with E-state index < -0.39 is 58.4 Å². The van der Waals surface area contributed by atoms with Crippen LogP contribution in [0.5, 0.6) is 0 Å². The van der Waals surface area contributed by atoms with Crippen molar-refractivity contribution in [3.05, 3.63) is 23.8 Å². The minimum Gasteiger partial charge on any atom is -0.458 e. The lowest BCUT2D eigenvalue weighted by Crippen LogP contribution is -2.70. The van der Waals surface area contributed by atoms with Crippen molar-refractivity contribution in [2.75, 3.05) is 6.61 Å². The number of fused-ring (bicyclic) bond motifs is 5. The van der Waals surface area contributed by atoms with E-state index in [1.807, 2.05) is 0 Å². The van der Waals surface area contributed by atoms with E-state index in [9.17, 15) is 24.6 Å². The quantitative estimate of drug-likeness (QED) is 0.445. The van der Waals surface area contributed by atoms with Crippen molar-refractivity contribution >= 4 is 33.5 Å². The molecule has 3 saturated carbocycles. The fraction of sp³-hybridized carbons (Fsp3) is 0.708. The molecule has 0 amide bonds. The van der Waals surface area contributed by atoms with Gasteiger partial charge in [0.2, 0.25) is 5.78 Å². The molecule has 32 heavy (non-hydrogen) atoms. The number of carbonyl (C=O) groups excluding carboxylic acids is 3. The number of allylic oxidation sites excluding steroid dienone is 4. The largest absolute Gasteiger partial charge is 0.458 e. The number of esters is 1. The molecule has 3 fully saturated rings. The van der Waals surface area contributed by atoms with Crippen LogP contribution >= 0.6 is 15.9 Å². The third-order valence-electron chi connectivity index (χ3n) is 9.04. The Bertz CT molecular complexity index is 947. The van der Waals surface area contributed by atoms with Gasteiger partial charge in [-0.3, -0.25) is 14.4 Å². The van der Waals surface area contributed by atoms with Crippen LogP contribution in [0.25, 0.3) is 0 Å². The van der Waals surface area contributed by atoms with E-state index in [4.69, 9.17) is 4.74 Å². The van der Waals surface area contributed by atoms with E-state index >= 15 is 4.39 Å². The topological polar surface area (TPSA) is 101 Å². The zero-order valence-electron chi connectivity index (χ0n) is 18.7. The number of aliphatic hydroxyl groups excluding tert-OH is 1. The Morgan fingerprint density at radius 3 is 2.56 bits per heavy atom. The molecule has 0 radical (unpaired) electrons. The van der Waals surface area contributed by atoms with Crippen molar-refractivity contribution in [2.24, 2.45) is 28.6 Å². The maximum atomic E-state index is 17.2. The molecule has 8 heteroatoms. The Balaban J connectivity index is 1.79. The predicted octanol–water partition coefficient (Wildman–Crippen LogP) is 2.84. The van der Waals surface area contributed by atoms with Crippen molar-refractivity contribution in [2.45, 2.75) is 69.2 Å². The molecule has 0 heterocycles. The van der Waals surface area contributed by atoms with Gasteiger partial charge in [-0.2, -0.15) is 0 Å². The molecule has 4 rings (SSSR count). The average molecular weight is 513 g/mol. The molecule has 2 N–H and O–H groups in total. The van der Waals surface area contributed by atoms with Crippen LogP contribution in [0.4, 0.5) is 4.39 Å². The molecule has 0 aromatic heterocycles. The first-order chi connectivity index (χ1) is 14.7. The number of halogens is 2. The highest BCUT2D eigenvalue weighted by Gasteiger charge is 2.76. The number of carbonyl (C=O) groups is 3. The lowest BCUT2D eigenvalue weighted by molar-refractivity contribution is -0.219. The zero-order chi connectivity index (χ0) is 23.9.